The molecule has 1 amide bonds. The van der Waals surface area contributed by atoms with Gasteiger partial charge in [0.1, 0.15) is 0 Å². The molecule has 1 saturated heterocycles. The van der Waals surface area contributed by atoms with E-state index in [1.165, 1.54) is 10.6 Å². The Bertz CT molecular complexity index is 692. The normalized spacial score (nSPS) is 15.3. The lowest BCUT2D eigenvalue weighted by Crippen LogP contribution is -2.37. The predicted octanol–water partition coefficient (Wildman–Crippen LogP) is 3.09. The Morgan fingerprint density at radius 2 is 1.48 bits per heavy atom. The minimum absolute atomic E-state index is 0.0466. The second-order valence-electron chi connectivity index (χ2n) is 7.07. The van der Waals surface area contributed by atoms with Crippen molar-refractivity contribution < 1.29 is 13.2 Å². The van der Waals surface area contributed by atoms with Gasteiger partial charge in [0.25, 0.3) is 0 Å². The Labute approximate surface area is 164 Å². The number of amides is 1. The van der Waals surface area contributed by atoms with Crippen molar-refractivity contribution in [1.82, 2.24) is 4.90 Å². The number of carbonyl (C=O) groups is 1. The van der Waals surface area contributed by atoms with E-state index in [2.05, 4.69) is 18.7 Å². The van der Waals surface area contributed by atoms with Gasteiger partial charge in [0.2, 0.25) is 15.9 Å². The topological polar surface area (TPSA) is 60.9 Å². The number of hydrogen-bond donors (Lipinski definition) is 0. The first-order chi connectivity index (χ1) is 12.9. The second-order valence-corrected chi connectivity index (χ2v) is 8.98. The minimum Gasteiger partial charge on any atom is -0.372 e. The van der Waals surface area contributed by atoms with Crippen molar-refractivity contribution >= 4 is 27.3 Å². The van der Waals surface area contributed by atoms with E-state index in [1.54, 1.807) is 0 Å². The summed E-state index contributed by atoms with van der Waals surface area (Å²) >= 11 is 0. The molecule has 0 spiro atoms. The maximum absolute atomic E-state index is 12.5. The highest BCUT2D eigenvalue weighted by Crippen LogP contribution is 2.23. The van der Waals surface area contributed by atoms with Crippen molar-refractivity contribution in [2.45, 2.75) is 46.0 Å². The number of sulfonamides is 1. The van der Waals surface area contributed by atoms with Crippen LogP contribution in [0.1, 0.15) is 46.0 Å². The number of hydrogen-bond acceptors (Lipinski definition) is 4. The number of likely N-dealkylation sites (tertiary alicyclic amines) is 1. The van der Waals surface area contributed by atoms with Crippen LogP contribution >= 0.6 is 0 Å². The van der Waals surface area contributed by atoms with Gasteiger partial charge in [0, 0.05) is 44.8 Å². The van der Waals surface area contributed by atoms with Crippen LogP contribution in [-0.2, 0) is 14.8 Å². The Morgan fingerprint density at radius 3 is 1.96 bits per heavy atom. The Balaban J connectivity index is 2.08. The van der Waals surface area contributed by atoms with Gasteiger partial charge in [0.15, 0.2) is 0 Å². The number of anilines is 2. The van der Waals surface area contributed by atoms with Gasteiger partial charge in [-0.15, -0.1) is 0 Å². The van der Waals surface area contributed by atoms with Crippen molar-refractivity contribution in [1.29, 1.82) is 0 Å². The molecule has 1 aromatic carbocycles. The van der Waals surface area contributed by atoms with E-state index < -0.39 is 10.0 Å². The number of carbonyl (C=O) groups excluding carboxylic acids is 1. The first-order valence-corrected chi connectivity index (χ1v) is 11.8. The second kappa shape index (κ2) is 9.97. The van der Waals surface area contributed by atoms with Crippen LogP contribution in [0.15, 0.2) is 24.3 Å². The molecule has 0 aliphatic carbocycles. The van der Waals surface area contributed by atoms with Crippen LogP contribution in [0.4, 0.5) is 11.4 Å². The summed E-state index contributed by atoms with van der Waals surface area (Å²) in [5, 5.41) is 0. The quantitative estimate of drug-likeness (QED) is 0.679. The lowest BCUT2D eigenvalue weighted by molar-refractivity contribution is -0.130. The predicted molar refractivity (Wildman–Crippen MR) is 112 cm³/mol. The maximum Gasteiger partial charge on any atom is 0.232 e. The summed E-state index contributed by atoms with van der Waals surface area (Å²) < 4.78 is 25.9. The fourth-order valence-electron chi connectivity index (χ4n) is 3.58. The molecule has 1 fully saturated rings. The summed E-state index contributed by atoms with van der Waals surface area (Å²) in [6, 6.07) is 7.53. The largest absolute Gasteiger partial charge is 0.372 e. The average molecular weight is 396 g/mol. The molecule has 1 aromatic rings. The first-order valence-electron chi connectivity index (χ1n) is 9.97. The van der Waals surface area contributed by atoms with Crippen LogP contribution in [0, 0.1) is 0 Å². The van der Waals surface area contributed by atoms with Crippen LogP contribution < -0.4 is 9.21 Å². The third-order valence-corrected chi connectivity index (χ3v) is 6.35. The zero-order chi connectivity index (χ0) is 19.9. The molecule has 0 unspecified atom stereocenters. The molecule has 152 valence electrons. The van der Waals surface area contributed by atoms with Crippen LogP contribution in [0.2, 0.25) is 0 Å². The van der Waals surface area contributed by atoms with E-state index in [4.69, 9.17) is 0 Å². The molecule has 0 N–H and O–H groups in total. The zero-order valence-corrected chi connectivity index (χ0v) is 17.7. The SMILES string of the molecule is CCN(CC)c1ccc(N(CCC(=O)N2CCCCCC2)S(C)(=O)=O)cc1. The van der Waals surface area contributed by atoms with Gasteiger partial charge in [-0.1, -0.05) is 12.8 Å². The summed E-state index contributed by atoms with van der Waals surface area (Å²) in [7, 11) is -3.45. The molecule has 1 aliphatic rings. The summed E-state index contributed by atoms with van der Waals surface area (Å²) in [6.07, 6.45) is 5.81. The van der Waals surface area contributed by atoms with Gasteiger partial charge >= 0.3 is 0 Å². The standard InChI is InChI=1S/C20H33N3O3S/c1-4-21(5-2)18-10-12-19(13-11-18)23(27(3,25)26)17-14-20(24)22-15-8-6-7-9-16-22/h10-13H,4-9,14-17H2,1-3H3. The van der Waals surface area contributed by atoms with Crippen LogP contribution in [0.3, 0.4) is 0 Å². The summed E-state index contributed by atoms with van der Waals surface area (Å²) in [5.74, 6) is 0.0466. The first kappa shape index (κ1) is 21.5. The fraction of sp³-hybridized carbons (Fsp3) is 0.650. The minimum atomic E-state index is -3.45. The molecule has 0 radical (unpaired) electrons. The Morgan fingerprint density at radius 1 is 0.963 bits per heavy atom. The maximum atomic E-state index is 12.5. The van der Waals surface area contributed by atoms with Gasteiger partial charge in [-0.05, 0) is 51.0 Å². The average Bonchev–Trinajstić information content (AvgIpc) is 2.92. The Hall–Kier alpha value is -1.76. The van der Waals surface area contributed by atoms with Crippen LogP contribution in [0.5, 0.6) is 0 Å². The molecular formula is C20H33N3O3S. The van der Waals surface area contributed by atoms with E-state index in [0.717, 1.165) is 57.5 Å². The van der Waals surface area contributed by atoms with E-state index in [-0.39, 0.29) is 18.9 Å². The number of nitrogens with zero attached hydrogens (tertiary/aromatic N) is 3. The highest BCUT2D eigenvalue weighted by Gasteiger charge is 2.21. The van der Waals surface area contributed by atoms with Crippen molar-refractivity contribution in [3.8, 4) is 0 Å². The Kier molecular flexibility index (Phi) is 7.95. The van der Waals surface area contributed by atoms with Crippen LogP contribution in [-0.4, -0.2) is 58.2 Å². The van der Waals surface area contributed by atoms with Gasteiger partial charge in [0.05, 0.1) is 11.9 Å². The summed E-state index contributed by atoms with van der Waals surface area (Å²) in [4.78, 5) is 16.6. The van der Waals surface area contributed by atoms with E-state index >= 15 is 0 Å². The van der Waals surface area contributed by atoms with Crippen molar-refractivity contribution in [2.75, 3.05) is 48.2 Å². The lowest BCUT2D eigenvalue weighted by atomic mass is 10.2. The molecule has 0 saturated carbocycles. The molecular weight excluding hydrogens is 362 g/mol. The molecule has 7 heteroatoms. The lowest BCUT2D eigenvalue weighted by Gasteiger charge is -2.26. The molecule has 1 aliphatic heterocycles. The highest BCUT2D eigenvalue weighted by atomic mass is 32.2. The number of benzene rings is 1. The molecule has 0 atom stereocenters. The molecule has 27 heavy (non-hydrogen) atoms. The number of rotatable bonds is 8. The zero-order valence-electron chi connectivity index (χ0n) is 16.9. The molecule has 1 heterocycles. The van der Waals surface area contributed by atoms with Crippen molar-refractivity contribution in [3.63, 3.8) is 0 Å². The van der Waals surface area contributed by atoms with Crippen molar-refractivity contribution in [3.05, 3.63) is 24.3 Å². The van der Waals surface area contributed by atoms with Gasteiger partial charge in [-0.25, -0.2) is 8.42 Å². The molecule has 2 rings (SSSR count). The summed E-state index contributed by atoms with van der Waals surface area (Å²) in [5.41, 5.74) is 1.68. The van der Waals surface area contributed by atoms with Gasteiger partial charge in [-0.3, -0.25) is 9.10 Å². The van der Waals surface area contributed by atoms with Crippen molar-refractivity contribution in [2.24, 2.45) is 0 Å². The highest BCUT2D eigenvalue weighted by molar-refractivity contribution is 7.92. The smallest absolute Gasteiger partial charge is 0.232 e. The molecule has 0 bridgehead atoms. The van der Waals surface area contributed by atoms with E-state index in [9.17, 15) is 13.2 Å². The van der Waals surface area contributed by atoms with Crippen LogP contribution in [0.25, 0.3) is 0 Å². The monoisotopic (exact) mass is 395 g/mol. The van der Waals surface area contributed by atoms with E-state index in [1.807, 2.05) is 29.2 Å². The third-order valence-electron chi connectivity index (χ3n) is 5.15. The molecule has 6 nitrogen and oxygen atoms in total. The van der Waals surface area contributed by atoms with Gasteiger partial charge < -0.3 is 9.80 Å². The summed E-state index contributed by atoms with van der Waals surface area (Å²) in [6.45, 7) is 7.74. The molecule has 0 aromatic heterocycles. The van der Waals surface area contributed by atoms with E-state index in [0.29, 0.717) is 5.69 Å². The third kappa shape index (κ3) is 6.13. The fourth-order valence-corrected chi connectivity index (χ4v) is 4.51. The van der Waals surface area contributed by atoms with Gasteiger partial charge in [-0.2, -0.15) is 0 Å².